The van der Waals surface area contributed by atoms with Gasteiger partial charge in [-0.05, 0) is 40.3 Å². The van der Waals surface area contributed by atoms with Crippen LogP contribution in [0.1, 0.15) is 28.2 Å². The van der Waals surface area contributed by atoms with Gasteiger partial charge in [0, 0.05) is 17.4 Å². The summed E-state index contributed by atoms with van der Waals surface area (Å²) in [6, 6.07) is 20.3. The van der Waals surface area contributed by atoms with Gasteiger partial charge in [0.05, 0.1) is 0 Å². The average molecular weight is 436 g/mol. The molecule has 1 atom stereocenters. The van der Waals surface area contributed by atoms with Crippen LogP contribution in [-0.4, -0.2) is 29.8 Å². The Hall–Kier alpha value is -3.31. The van der Waals surface area contributed by atoms with Crippen LogP contribution in [0.5, 0.6) is 0 Å². The number of fused-ring (bicyclic) bond motifs is 3. The molecule has 5 nitrogen and oxygen atoms in total. The zero-order chi connectivity index (χ0) is 22.0. The number of carboxylic acids is 1. The SMILES string of the molecule is Cc1cccc(C[C@H](NC(=O)OCC2c3ccccc3-c3ccccc32)C(=O)O)c1Cl. The molecule has 0 aromatic heterocycles. The van der Waals surface area contributed by atoms with Crippen LogP contribution >= 0.6 is 11.6 Å². The fraction of sp³-hybridized carbons (Fsp3) is 0.200. The molecular weight excluding hydrogens is 414 g/mol. The number of nitrogens with one attached hydrogen (secondary N) is 1. The third-order valence-corrected chi connectivity index (χ3v) is 6.17. The maximum atomic E-state index is 12.5. The molecule has 0 aliphatic heterocycles. The standard InChI is InChI=1S/C25H22ClNO4/c1-15-7-6-8-16(23(15)26)13-22(24(28)29)27-25(30)31-14-21-19-11-4-2-9-17(19)18-10-3-5-12-20(18)21/h2-12,21-22H,13-14H2,1H3,(H,27,30)(H,28,29)/t22-/m0/s1. The fourth-order valence-corrected chi connectivity index (χ4v) is 4.27. The number of hydrogen-bond acceptors (Lipinski definition) is 3. The molecule has 0 unspecified atom stereocenters. The number of carbonyl (C=O) groups excluding carboxylic acids is 1. The molecule has 0 spiro atoms. The first-order chi connectivity index (χ1) is 15.0. The summed E-state index contributed by atoms with van der Waals surface area (Å²) in [6.45, 7) is 1.97. The highest BCUT2D eigenvalue weighted by Gasteiger charge is 2.30. The third kappa shape index (κ3) is 4.28. The highest BCUT2D eigenvalue weighted by Crippen LogP contribution is 2.44. The van der Waals surface area contributed by atoms with Crippen LogP contribution in [0.4, 0.5) is 4.79 Å². The van der Waals surface area contributed by atoms with Crippen molar-refractivity contribution in [3.8, 4) is 11.1 Å². The van der Waals surface area contributed by atoms with Gasteiger partial charge in [0.25, 0.3) is 0 Å². The molecule has 4 rings (SSSR count). The first kappa shape index (κ1) is 20.9. The lowest BCUT2D eigenvalue weighted by molar-refractivity contribution is -0.139. The van der Waals surface area contributed by atoms with E-state index in [4.69, 9.17) is 16.3 Å². The van der Waals surface area contributed by atoms with E-state index in [1.54, 1.807) is 6.07 Å². The molecule has 31 heavy (non-hydrogen) atoms. The number of aryl methyl sites for hydroxylation is 1. The molecule has 6 heteroatoms. The molecule has 1 aliphatic rings. The van der Waals surface area contributed by atoms with E-state index in [0.29, 0.717) is 10.6 Å². The van der Waals surface area contributed by atoms with Crippen molar-refractivity contribution in [1.82, 2.24) is 5.32 Å². The van der Waals surface area contributed by atoms with E-state index in [1.807, 2.05) is 55.5 Å². The van der Waals surface area contributed by atoms with Crippen LogP contribution < -0.4 is 5.32 Å². The molecule has 1 aliphatic carbocycles. The van der Waals surface area contributed by atoms with Crippen molar-refractivity contribution in [2.24, 2.45) is 0 Å². The second-order valence-electron chi connectivity index (χ2n) is 7.61. The summed E-state index contributed by atoms with van der Waals surface area (Å²) in [5, 5.41) is 12.5. The third-order valence-electron chi connectivity index (χ3n) is 5.63. The van der Waals surface area contributed by atoms with Crippen LogP contribution in [0, 0.1) is 6.92 Å². The number of alkyl carbamates (subject to hydrolysis) is 1. The smallest absolute Gasteiger partial charge is 0.407 e. The van der Waals surface area contributed by atoms with Crippen molar-refractivity contribution in [3.05, 3.63) is 94.0 Å². The Balaban J connectivity index is 1.45. The first-order valence-electron chi connectivity index (χ1n) is 10.0. The quantitative estimate of drug-likeness (QED) is 0.559. The van der Waals surface area contributed by atoms with Crippen molar-refractivity contribution in [1.29, 1.82) is 0 Å². The number of rotatable bonds is 6. The Kier molecular flexibility index (Phi) is 5.96. The van der Waals surface area contributed by atoms with Gasteiger partial charge in [0.1, 0.15) is 12.6 Å². The summed E-state index contributed by atoms with van der Waals surface area (Å²) in [7, 11) is 0. The summed E-state index contributed by atoms with van der Waals surface area (Å²) in [6.07, 6.45) is -0.696. The fourth-order valence-electron chi connectivity index (χ4n) is 4.07. The largest absolute Gasteiger partial charge is 0.480 e. The van der Waals surface area contributed by atoms with Gasteiger partial charge >= 0.3 is 12.1 Å². The van der Waals surface area contributed by atoms with Crippen LogP contribution in [0.25, 0.3) is 11.1 Å². The number of aliphatic carboxylic acids is 1. The van der Waals surface area contributed by atoms with Gasteiger partial charge < -0.3 is 15.2 Å². The Morgan fingerprint density at radius 1 is 1.00 bits per heavy atom. The lowest BCUT2D eigenvalue weighted by Gasteiger charge is -2.18. The van der Waals surface area contributed by atoms with Crippen molar-refractivity contribution >= 4 is 23.7 Å². The molecule has 1 amide bonds. The van der Waals surface area contributed by atoms with E-state index in [0.717, 1.165) is 27.8 Å². The molecular formula is C25H22ClNO4. The van der Waals surface area contributed by atoms with E-state index in [9.17, 15) is 14.7 Å². The minimum Gasteiger partial charge on any atom is -0.480 e. The summed E-state index contributed by atoms with van der Waals surface area (Å²) >= 11 is 6.28. The predicted octanol–water partition coefficient (Wildman–Crippen LogP) is 5.18. The van der Waals surface area contributed by atoms with E-state index in [1.165, 1.54) is 0 Å². The molecule has 2 N–H and O–H groups in total. The number of halogens is 1. The molecule has 0 heterocycles. The Morgan fingerprint density at radius 2 is 1.61 bits per heavy atom. The number of ether oxygens (including phenoxy) is 1. The molecule has 0 fully saturated rings. The van der Waals surface area contributed by atoms with E-state index >= 15 is 0 Å². The normalized spacial score (nSPS) is 13.2. The van der Waals surface area contributed by atoms with Gasteiger partial charge in [-0.2, -0.15) is 0 Å². The van der Waals surface area contributed by atoms with Crippen LogP contribution in [0.2, 0.25) is 5.02 Å². The molecule has 0 bridgehead atoms. The lowest BCUT2D eigenvalue weighted by atomic mass is 9.98. The van der Waals surface area contributed by atoms with Crippen LogP contribution in [0.3, 0.4) is 0 Å². The number of carboxylic acid groups (broad SMARTS) is 1. The minimum absolute atomic E-state index is 0.0695. The Labute approximate surface area is 185 Å². The molecule has 0 saturated heterocycles. The monoisotopic (exact) mass is 435 g/mol. The average Bonchev–Trinajstić information content (AvgIpc) is 3.08. The van der Waals surface area contributed by atoms with Gasteiger partial charge in [0.15, 0.2) is 0 Å². The van der Waals surface area contributed by atoms with E-state index < -0.39 is 18.1 Å². The minimum atomic E-state index is -1.15. The molecule has 158 valence electrons. The summed E-state index contributed by atoms with van der Waals surface area (Å²) in [5.41, 5.74) is 5.96. The van der Waals surface area contributed by atoms with Gasteiger partial charge in [-0.25, -0.2) is 9.59 Å². The van der Waals surface area contributed by atoms with Crippen molar-refractivity contribution in [2.45, 2.75) is 25.3 Å². The number of benzene rings is 3. The number of hydrogen-bond donors (Lipinski definition) is 2. The van der Waals surface area contributed by atoms with E-state index in [2.05, 4.69) is 17.4 Å². The summed E-state index contributed by atoms with van der Waals surface area (Å²) < 4.78 is 5.47. The number of amides is 1. The number of carbonyl (C=O) groups is 2. The molecule has 0 radical (unpaired) electrons. The second-order valence-corrected chi connectivity index (χ2v) is 7.99. The zero-order valence-corrected chi connectivity index (χ0v) is 17.7. The van der Waals surface area contributed by atoms with Crippen molar-refractivity contribution in [3.63, 3.8) is 0 Å². The maximum absolute atomic E-state index is 12.5. The van der Waals surface area contributed by atoms with Crippen LogP contribution in [0.15, 0.2) is 66.7 Å². The highest BCUT2D eigenvalue weighted by atomic mass is 35.5. The maximum Gasteiger partial charge on any atom is 0.407 e. The first-order valence-corrected chi connectivity index (χ1v) is 10.4. The zero-order valence-electron chi connectivity index (χ0n) is 17.0. The molecule has 3 aromatic carbocycles. The van der Waals surface area contributed by atoms with Gasteiger partial charge in [-0.15, -0.1) is 0 Å². The van der Waals surface area contributed by atoms with E-state index in [-0.39, 0.29) is 18.9 Å². The van der Waals surface area contributed by atoms with Crippen molar-refractivity contribution < 1.29 is 19.4 Å². The van der Waals surface area contributed by atoms with Crippen LogP contribution in [-0.2, 0) is 16.0 Å². The highest BCUT2D eigenvalue weighted by molar-refractivity contribution is 6.32. The summed E-state index contributed by atoms with van der Waals surface area (Å²) in [5.74, 6) is -1.24. The molecule has 3 aromatic rings. The molecule has 0 saturated carbocycles. The van der Waals surface area contributed by atoms with Gasteiger partial charge in [-0.1, -0.05) is 78.3 Å². The van der Waals surface area contributed by atoms with Gasteiger partial charge in [0.2, 0.25) is 0 Å². The lowest BCUT2D eigenvalue weighted by Crippen LogP contribution is -2.43. The topological polar surface area (TPSA) is 75.6 Å². The Morgan fingerprint density at radius 3 is 2.23 bits per heavy atom. The summed E-state index contributed by atoms with van der Waals surface area (Å²) in [4.78, 5) is 24.2. The second kappa shape index (κ2) is 8.82. The van der Waals surface area contributed by atoms with Gasteiger partial charge in [-0.3, -0.25) is 0 Å². The van der Waals surface area contributed by atoms with Crippen molar-refractivity contribution in [2.75, 3.05) is 6.61 Å². The predicted molar refractivity (Wildman–Crippen MR) is 120 cm³/mol. The Bertz CT molecular complexity index is 1100.